The number of fused-ring (bicyclic) bond motifs is 9. The fraction of sp³-hybridized carbons (Fsp3) is 0. The lowest BCUT2D eigenvalue weighted by atomic mass is 9.98. The van der Waals surface area contributed by atoms with Crippen LogP contribution in [0, 0.1) is 26.3 Å². The summed E-state index contributed by atoms with van der Waals surface area (Å²) in [7, 11) is 0. The summed E-state index contributed by atoms with van der Waals surface area (Å²) in [4.78, 5) is 24.9. The molecule has 0 aliphatic heterocycles. The van der Waals surface area contributed by atoms with Crippen LogP contribution in [0.3, 0.4) is 0 Å². The van der Waals surface area contributed by atoms with Gasteiger partial charge in [-0.15, -0.1) is 0 Å². The van der Waals surface area contributed by atoms with E-state index in [0.717, 1.165) is 99.5 Å². The van der Waals surface area contributed by atoms with Gasteiger partial charge in [-0.05, 0) is 124 Å². The van der Waals surface area contributed by atoms with Gasteiger partial charge in [0.05, 0.1) is 70.8 Å². The molecule has 4 heterocycles. The minimum atomic E-state index is 0.429. The molecule has 0 aliphatic carbocycles. The van der Waals surface area contributed by atoms with Gasteiger partial charge in [-0.3, -0.25) is 0 Å². The number of rotatable bonds is 8. The van der Waals surface area contributed by atoms with Gasteiger partial charge < -0.3 is 13.7 Å². The van der Waals surface area contributed by atoms with Crippen LogP contribution in [0.15, 0.2) is 249 Å². The van der Waals surface area contributed by atoms with Gasteiger partial charge in [0.15, 0.2) is 22.7 Å². The van der Waals surface area contributed by atoms with Crippen LogP contribution in [0.5, 0.6) is 0 Å². The molecule has 9 heteroatoms. The molecule has 0 saturated heterocycles. The summed E-state index contributed by atoms with van der Waals surface area (Å²) >= 11 is 0. The van der Waals surface area contributed by atoms with Crippen molar-refractivity contribution in [3.8, 4) is 73.2 Å². The maximum absolute atomic E-state index is 7.84. The molecular formula is C74H41N9. The van der Waals surface area contributed by atoms with Gasteiger partial charge in [-0.1, -0.05) is 158 Å². The second kappa shape index (κ2) is 19.3. The molecule has 0 fully saturated rings. The fourth-order valence-electron chi connectivity index (χ4n) is 12.1. The lowest BCUT2D eigenvalue weighted by Crippen LogP contribution is -1.96. The molecular weight excluding hydrogens is 1010 g/mol. The highest BCUT2D eigenvalue weighted by Gasteiger charge is 2.21. The molecule has 83 heavy (non-hydrogen) atoms. The van der Waals surface area contributed by atoms with Crippen LogP contribution >= 0.6 is 0 Å². The van der Waals surface area contributed by atoms with Crippen molar-refractivity contribution in [1.29, 1.82) is 0 Å². The molecule has 15 rings (SSSR count). The molecule has 382 valence electrons. The van der Waals surface area contributed by atoms with Gasteiger partial charge in [-0.2, -0.15) is 0 Å². The van der Waals surface area contributed by atoms with Crippen LogP contribution in [0.2, 0.25) is 0 Å². The van der Waals surface area contributed by atoms with E-state index >= 15 is 0 Å². The van der Waals surface area contributed by atoms with Crippen LogP contribution < -0.4 is 0 Å². The molecule has 0 bridgehead atoms. The van der Waals surface area contributed by atoms with Gasteiger partial charge in [0, 0.05) is 55.3 Å². The van der Waals surface area contributed by atoms with E-state index in [2.05, 4.69) is 191 Å². The molecule has 0 radical (unpaired) electrons. The Morgan fingerprint density at radius 2 is 0.627 bits per heavy atom. The van der Waals surface area contributed by atoms with E-state index in [4.69, 9.17) is 36.3 Å². The van der Waals surface area contributed by atoms with E-state index < -0.39 is 0 Å². The van der Waals surface area contributed by atoms with Crippen LogP contribution in [0.4, 0.5) is 22.7 Å². The zero-order chi connectivity index (χ0) is 55.7. The number of hydrogen-bond acceptors (Lipinski definition) is 2. The third kappa shape index (κ3) is 7.90. The minimum absolute atomic E-state index is 0.429. The number of nitrogens with zero attached hydrogens (tertiary/aromatic N) is 9. The lowest BCUT2D eigenvalue weighted by molar-refractivity contribution is 1.16. The zero-order valence-corrected chi connectivity index (χ0v) is 44.2. The number of benzene rings is 11. The van der Waals surface area contributed by atoms with Crippen molar-refractivity contribution in [2.75, 3.05) is 0 Å². The largest absolute Gasteiger partial charge is 0.309 e. The Labute approximate surface area is 477 Å². The summed E-state index contributed by atoms with van der Waals surface area (Å²) in [5, 5.41) is 6.49. The topological polar surface area (TPSA) is 58.0 Å². The highest BCUT2D eigenvalue weighted by molar-refractivity contribution is 6.15. The molecule has 0 amide bonds. The van der Waals surface area contributed by atoms with E-state index in [1.54, 1.807) is 12.1 Å². The predicted molar refractivity (Wildman–Crippen MR) is 337 cm³/mol. The van der Waals surface area contributed by atoms with E-state index in [0.29, 0.717) is 51.1 Å². The van der Waals surface area contributed by atoms with Gasteiger partial charge in [0.25, 0.3) is 0 Å². The first-order valence-corrected chi connectivity index (χ1v) is 27.0. The first-order valence-electron chi connectivity index (χ1n) is 27.0. The van der Waals surface area contributed by atoms with Crippen LogP contribution in [-0.4, -0.2) is 23.7 Å². The molecule has 9 nitrogen and oxygen atoms in total. The maximum atomic E-state index is 7.84. The Kier molecular flexibility index (Phi) is 11.2. The van der Waals surface area contributed by atoms with E-state index in [9.17, 15) is 0 Å². The quantitative estimate of drug-likeness (QED) is 0.142. The summed E-state index contributed by atoms with van der Waals surface area (Å²) < 4.78 is 6.98. The first kappa shape index (κ1) is 48.0. The van der Waals surface area contributed by atoms with Crippen LogP contribution in [-0.2, 0) is 0 Å². The molecule has 4 aromatic heterocycles. The standard InChI is InChI=1S/C74H41N9/c1-75-51-31-37-70-60(41-51)61-42-52(76-2)32-38-71(61)83(70)55-36-40-73-63(44-55)62-43-54(82-68-19-11-7-13-56(68)57-14-8-12-20-69(57)82)35-39-72(62)81(73)53-33-29-49(30-34-53)47-23-21-46(22-24-47)48-25-27-50(28-26-48)66-45-67(58-15-5-9-17-64(58)77-3)80-74(79-66)59-16-6-10-18-65(59)78-4/h5-45H. The average molecular weight is 1060 g/mol. The second-order valence-corrected chi connectivity index (χ2v) is 20.5. The van der Waals surface area contributed by atoms with Gasteiger partial charge in [0.2, 0.25) is 0 Å². The minimum Gasteiger partial charge on any atom is -0.309 e. The normalized spacial score (nSPS) is 11.3. The van der Waals surface area contributed by atoms with E-state index in [1.807, 2.05) is 78.9 Å². The molecule has 0 unspecified atom stereocenters. The highest BCUT2D eigenvalue weighted by atomic mass is 15.0. The van der Waals surface area contributed by atoms with Crippen molar-refractivity contribution in [1.82, 2.24) is 23.7 Å². The number of hydrogen-bond donors (Lipinski definition) is 0. The molecule has 0 N–H and O–H groups in total. The average Bonchev–Trinajstić information content (AvgIpc) is 2.39. The third-order valence-electron chi connectivity index (χ3n) is 16.0. The molecule has 0 aliphatic rings. The Balaban J connectivity index is 0.796. The van der Waals surface area contributed by atoms with Crippen LogP contribution in [0.1, 0.15) is 0 Å². The van der Waals surface area contributed by atoms with Crippen molar-refractivity contribution < 1.29 is 0 Å². The fourth-order valence-corrected chi connectivity index (χ4v) is 12.1. The Morgan fingerprint density at radius 1 is 0.265 bits per heavy atom. The lowest BCUT2D eigenvalue weighted by Gasteiger charge is -2.12. The predicted octanol–water partition coefficient (Wildman–Crippen LogP) is 20.3. The van der Waals surface area contributed by atoms with E-state index in [-0.39, 0.29) is 0 Å². The zero-order valence-electron chi connectivity index (χ0n) is 44.2. The van der Waals surface area contributed by atoms with Crippen molar-refractivity contribution in [2.24, 2.45) is 0 Å². The number of aromatic nitrogens is 5. The van der Waals surface area contributed by atoms with Crippen molar-refractivity contribution >= 4 is 88.2 Å². The maximum Gasteiger partial charge on any atom is 0.198 e. The van der Waals surface area contributed by atoms with Gasteiger partial charge in [-0.25, -0.2) is 29.3 Å². The monoisotopic (exact) mass is 1060 g/mol. The molecule has 0 saturated carbocycles. The molecule has 15 aromatic rings. The summed E-state index contributed by atoms with van der Waals surface area (Å²) in [6, 6.07) is 84.8. The third-order valence-corrected chi connectivity index (χ3v) is 16.0. The smallest absolute Gasteiger partial charge is 0.198 e. The Hall–Kier alpha value is -12.1. The summed E-state index contributed by atoms with van der Waals surface area (Å²) in [5.74, 6) is 0.429. The first-order chi connectivity index (χ1) is 40.9. The Bertz CT molecular complexity index is 5160. The van der Waals surface area contributed by atoms with Crippen molar-refractivity contribution in [3.05, 3.63) is 294 Å². The number of para-hydroxylation sites is 4. The summed E-state index contributed by atoms with van der Waals surface area (Å²) in [5.41, 5.74) is 19.4. The summed E-state index contributed by atoms with van der Waals surface area (Å²) in [6.45, 7) is 31.3. The van der Waals surface area contributed by atoms with Crippen LogP contribution in [0.25, 0.3) is 158 Å². The molecule has 0 spiro atoms. The highest BCUT2D eigenvalue weighted by Crippen LogP contribution is 2.42. The van der Waals surface area contributed by atoms with Crippen molar-refractivity contribution in [2.45, 2.75) is 0 Å². The Morgan fingerprint density at radius 3 is 1.12 bits per heavy atom. The second-order valence-electron chi connectivity index (χ2n) is 20.5. The summed E-state index contributed by atoms with van der Waals surface area (Å²) in [6.07, 6.45) is 0. The van der Waals surface area contributed by atoms with Gasteiger partial charge >= 0.3 is 0 Å². The van der Waals surface area contributed by atoms with E-state index in [1.165, 1.54) is 10.8 Å². The van der Waals surface area contributed by atoms with Gasteiger partial charge in [0.1, 0.15) is 5.82 Å². The van der Waals surface area contributed by atoms with Crippen molar-refractivity contribution in [3.63, 3.8) is 0 Å². The molecule has 11 aromatic carbocycles. The SMILES string of the molecule is [C-]#[N+]c1ccc2c(c1)c1cc([N+]#[C-])ccc1n2-c1ccc2c(c1)c1cc(-n3c4ccccc4c4ccccc43)ccc1n2-c1ccc(-c2ccc(-c3ccc(-c4cc(-c5ccccc5[N+]#[C-])nc(-c5ccccc5[N+]#[C-])n4)cc3)cc2)cc1. The molecule has 0 atom stereocenters.